The van der Waals surface area contributed by atoms with Gasteiger partial charge in [0, 0.05) is 19.2 Å². The van der Waals surface area contributed by atoms with Crippen LogP contribution in [-0.2, 0) is 16.1 Å². The van der Waals surface area contributed by atoms with Crippen LogP contribution in [0.4, 0.5) is 4.39 Å². The molecule has 0 aromatic heterocycles. The molecule has 4 nitrogen and oxygen atoms in total. The van der Waals surface area contributed by atoms with Crippen molar-refractivity contribution < 1.29 is 13.9 Å². The molecule has 2 rings (SSSR count). The number of carbonyl (C=O) groups excluding carboxylic acids is 1. The number of ether oxygens (including phenoxy) is 1. The van der Waals surface area contributed by atoms with Gasteiger partial charge in [0.25, 0.3) is 0 Å². The fourth-order valence-corrected chi connectivity index (χ4v) is 2.37. The van der Waals surface area contributed by atoms with Gasteiger partial charge in [-0.3, -0.25) is 4.79 Å². The predicted molar refractivity (Wildman–Crippen MR) is 70.5 cm³/mol. The fourth-order valence-electron chi connectivity index (χ4n) is 2.17. The van der Waals surface area contributed by atoms with Gasteiger partial charge in [0.2, 0.25) is 5.91 Å². The zero-order valence-corrected chi connectivity index (χ0v) is 11.3. The number of amides is 1. The Morgan fingerprint density at radius 3 is 3.16 bits per heavy atom. The van der Waals surface area contributed by atoms with Crippen LogP contribution in [0.25, 0.3) is 0 Å². The highest BCUT2D eigenvalue weighted by Crippen LogP contribution is 2.18. The minimum Gasteiger partial charge on any atom is -0.379 e. The van der Waals surface area contributed by atoms with Crippen molar-refractivity contribution in [3.05, 3.63) is 34.6 Å². The predicted octanol–water partition coefficient (Wildman–Crippen LogP) is 1.47. The Labute approximate surface area is 116 Å². The smallest absolute Gasteiger partial charge is 0.240 e. The molecule has 1 heterocycles. The Kier molecular flexibility index (Phi) is 4.74. The van der Waals surface area contributed by atoms with Crippen molar-refractivity contribution in [1.29, 1.82) is 0 Å². The molecule has 1 aromatic carbocycles. The molecule has 1 aromatic rings. The van der Waals surface area contributed by atoms with Crippen molar-refractivity contribution in [1.82, 2.24) is 10.6 Å². The van der Waals surface area contributed by atoms with Crippen molar-refractivity contribution >= 4 is 17.5 Å². The van der Waals surface area contributed by atoms with Gasteiger partial charge in [0.1, 0.15) is 11.9 Å². The third-order valence-corrected chi connectivity index (χ3v) is 3.53. The summed E-state index contributed by atoms with van der Waals surface area (Å²) in [5.74, 6) is -0.684. The maximum Gasteiger partial charge on any atom is 0.240 e. The molecule has 2 N–H and O–H groups in total. The van der Waals surface area contributed by atoms with Crippen LogP contribution in [-0.4, -0.2) is 31.7 Å². The van der Waals surface area contributed by atoms with E-state index in [0.29, 0.717) is 5.56 Å². The summed E-state index contributed by atoms with van der Waals surface area (Å²) >= 11 is 5.68. The van der Waals surface area contributed by atoms with Crippen molar-refractivity contribution in [2.24, 2.45) is 0 Å². The summed E-state index contributed by atoms with van der Waals surface area (Å²) in [7, 11) is 1.58. The maximum absolute atomic E-state index is 13.6. The Morgan fingerprint density at radius 1 is 1.63 bits per heavy atom. The van der Waals surface area contributed by atoms with Gasteiger partial charge < -0.3 is 15.4 Å². The number of rotatable bonds is 4. The highest BCUT2D eigenvalue weighted by atomic mass is 35.5. The Hall–Kier alpha value is -1.17. The molecule has 0 radical (unpaired) electrons. The molecule has 2 atom stereocenters. The summed E-state index contributed by atoms with van der Waals surface area (Å²) in [6.07, 6.45) is 0.657. The molecule has 1 amide bonds. The first kappa shape index (κ1) is 14.2. The number of methoxy groups -OCH3 is 1. The molecular weight excluding hydrogens is 271 g/mol. The average Bonchev–Trinajstić information content (AvgIpc) is 2.88. The van der Waals surface area contributed by atoms with Crippen LogP contribution >= 0.6 is 11.6 Å². The number of hydrogen-bond donors (Lipinski definition) is 2. The van der Waals surface area contributed by atoms with Gasteiger partial charge in [0.15, 0.2) is 0 Å². The van der Waals surface area contributed by atoms with Gasteiger partial charge >= 0.3 is 0 Å². The number of hydrogen-bond acceptors (Lipinski definition) is 3. The van der Waals surface area contributed by atoms with Crippen LogP contribution in [0, 0.1) is 5.82 Å². The fraction of sp³-hybridized carbons (Fsp3) is 0.462. The van der Waals surface area contributed by atoms with Crippen LogP contribution in [0.15, 0.2) is 18.2 Å². The second-order valence-electron chi connectivity index (χ2n) is 4.43. The van der Waals surface area contributed by atoms with Crippen LogP contribution in [0.2, 0.25) is 5.02 Å². The van der Waals surface area contributed by atoms with Crippen molar-refractivity contribution in [2.75, 3.05) is 13.7 Å². The third-order valence-electron chi connectivity index (χ3n) is 3.23. The average molecular weight is 287 g/mol. The normalized spacial score (nSPS) is 22.5. The Balaban J connectivity index is 1.95. The zero-order chi connectivity index (χ0) is 13.8. The third kappa shape index (κ3) is 3.23. The number of halogens is 2. The lowest BCUT2D eigenvalue weighted by atomic mass is 10.1. The van der Waals surface area contributed by atoms with E-state index in [2.05, 4.69) is 10.6 Å². The summed E-state index contributed by atoms with van der Waals surface area (Å²) in [4.78, 5) is 12.0. The van der Waals surface area contributed by atoms with Crippen molar-refractivity contribution in [3.8, 4) is 0 Å². The largest absolute Gasteiger partial charge is 0.379 e. The van der Waals surface area contributed by atoms with E-state index >= 15 is 0 Å². The maximum atomic E-state index is 13.6. The van der Waals surface area contributed by atoms with Crippen LogP contribution in [0.5, 0.6) is 0 Å². The first-order chi connectivity index (χ1) is 9.13. The van der Waals surface area contributed by atoms with E-state index in [1.165, 1.54) is 6.07 Å². The lowest BCUT2D eigenvalue weighted by Crippen LogP contribution is -2.46. The molecule has 1 saturated heterocycles. The molecule has 104 valence electrons. The van der Waals surface area contributed by atoms with E-state index in [-0.39, 0.29) is 29.6 Å². The number of benzene rings is 1. The van der Waals surface area contributed by atoms with Gasteiger partial charge in [-0.1, -0.05) is 23.7 Å². The van der Waals surface area contributed by atoms with Gasteiger partial charge in [-0.15, -0.1) is 0 Å². The molecule has 1 aliphatic heterocycles. The van der Waals surface area contributed by atoms with Crippen LogP contribution in [0.3, 0.4) is 0 Å². The van der Waals surface area contributed by atoms with Crippen LogP contribution < -0.4 is 10.6 Å². The van der Waals surface area contributed by atoms with E-state index in [4.69, 9.17) is 16.3 Å². The molecule has 0 spiro atoms. The summed E-state index contributed by atoms with van der Waals surface area (Å²) in [5.41, 5.74) is 0.368. The number of nitrogens with one attached hydrogen (secondary N) is 2. The molecule has 0 bridgehead atoms. The van der Waals surface area contributed by atoms with E-state index in [9.17, 15) is 9.18 Å². The molecule has 0 saturated carbocycles. The van der Waals surface area contributed by atoms with Gasteiger partial charge in [-0.2, -0.15) is 0 Å². The second kappa shape index (κ2) is 6.32. The highest BCUT2D eigenvalue weighted by Gasteiger charge is 2.32. The van der Waals surface area contributed by atoms with Gasteiger partial charge in [-0.05, 0) is 19.0 Å². The molecule has 0 aliphatic carbocycles. The van der Waals surface area contributed by atoms with E-state index < -0.39 is 5.82 Å². The van der Waals surface area contributed by atoms with Gasteiger partial charge in [-0.25, -0.2) is 4.39 Å². The minimum atomic E-state index is -0.493. The lowest BCUT2D eigenvalue weighted by molar-refractivity contribution is -0.125. The zero-order valence-electron chi connectivity index (χ0n) is 10.6. The summed E-state index contributed by atoms with van der Waals surface area (Å²) in [6, 6.07) is 4.34. The molecule has 1 fully saturated rings. The monoisotopic (exact) mass is 286 g/mol. The minimum absolute atomic E-state index is 0.0560. The lowest BCUT2D eigenvalue weighted by Gasteiger charge is -2.17. The van der Waals surface area contributed by atoms with Crippen molar-refractivity contribution in [2.45, 2.75) is 25.1 Å². The molecular formula is C13H16ClFN2O2. The second-order valence-corrected chi connectivity index (χ2v) is 4.83. The van der Waals surface area contributed by atoms with Crippen molar-refractivity contribution in [3.63, 3.8) is 0 Å². The molecule has 6 heteroatoms. The van der Waals surface area contributed by atoms with E-state index in [1.807, 2.05) is 0 Å². The Morgan fingerprint density at radius 2 is 2.42 bits per heavy atom. The highest BCUT2D eigenvalue weighted by molar-refractivity contribution is 6.30. The van der Waals surface area contributed by atoms with E-state index in [1.54, 1.807) is 19.2 Å². The topological polar surface area (TPSA) is 50.4 Å². The summed E-state index contributed by atoms with van der Waals surface area (Å²) in [6.45, 7) is 0.849. The quantitative estimate of drug-likeness (QED) is 0.881. The number of carbonyl (C=O) groups is 1. The first-order valence-corrected chi connectivity index (χ1v) is 6.48. The molecule has 19 heavy (non-hydrogen) atoms. The summed E-state index contributed by atoms with van der Waals surface area (Å²) < 4.78 is 18.9. The first-order valence-electron chi connectivity index (χ1n) is 6.10. The standard InChI is InChI=1S/C13H16ClFN2O2/c1-19-10-5-6-16-12(10)13(18)17-7-8-3-2-4-9(14)11(8)15/h2-4,10,12,16H,5-7H2,1H3,(H,17,18)/t10-,12+/m1/s1. The SMILES string of the molecule is CO[C@@H]1CCN[C@@H]1C(=O)NCc1cccc(Cl)c1F. The molecule has 0 unspecified atom stereocenters. The van der Waals surface area contributed by atoms with Gasteiger partial charge in [0.05, 0.1) is 11.1 Å². The van der Waals surface area contributed by atoms with Crippen LogP contribution in [0.1, 0.15) is 12.0 Å². The Bertz CT molecular complexity index is 470. The summed E-state index contributed by atoms with van der Waals surface area (Å²) in [5, 5.41) is 5.81. The molecule has 1 aliphatic rings. The van der Waals surface area contributed by atoms with E-state index in [0.717, 1.165) is 13.0 Å².